The molecular weight excluding hydrogens is 442 g/mol. The smallest absolute Gasteiger partial charge is 0.261 e. The molecule has 7 nitrogen and oxygen atoms in total. The van der Waals surface area contributed by atoms with Crippen LogP contribution in [0.2, 0.25) is 0 Å². The Kier molecular flexibility index (Phi) is 6.31. The first-order chi connectivity index (χ1) is 17.0. The highest BCUT2D eigenvalue weighted by molar-refractivity contribution is 6.25. The van der Waals surface area contributed by atoms with Crippen LogP contribution in [0.4, 0.5) is 5.69 Å². The molecule has 0 saturated carbocycles. The minimum atomic E-state index is -0.308. The summed E-state index contributed by atoms with van der Waals surface area (Å²) in [6.07, 6.45) is 1.90. The second kappa shape index (κ2) is 9.70. The Balaban J connectivity index is 1.12. The maximum Gasteiger partial charge on any atom is 0.261 e. The fraction of sp³-hybridized carbons (Fsp3) is 0.286. The van der Waals surface area contributed by atoms with Gasteiger partial charge in [0.2, 0.25) is 11.8 Å². The Morgan fingerprint density at radius 1 is 0.829 bits per heavy atom. The number of hydrogen-bond donors (Lipinski definition) is 1. The zero-order chi connectivity index (χ0) is 24.4. The average Bonchev–Trinajstić information content (AvgIpc) is 2.89. The molecule has 2 heterocycles. The highest BCUT2D eigenvalue weighted by Gasteiger charge is 2.33. The van der Waals surface area contributed by atoms with Gasteiger partial charge in [-0.25, -0.2) is 0 Å². The summed E-state index contributed by atoms with van der Waals surface area (Å²) in [6, 6.07) is 20.3. The lowest BCUT2D eigenvalue weighted by atomic mass is 9.94. The summed E-state index contributed by atoms with van der Waals surface area (Å²) >= 11 is 0. The van der Waals surface area contributed by atoms with Gasteiger partial charge in [-0.15, -0.1) is 0 Å². The number of hydrogen-bond acceptors (Lipinski definition) is 4. The predicted molar refractivity (Wildman–Crippen MR) is 133 cm³/mol. The van der Waals surface area contributed by atoms with Crippen LogP contribution in [0.5, 0.6) is 0 Å². The largest absolute Gasteiger partial charge is 0.343 e. The van der Waals surface area contributed by atoms with Gasteiger partial charge in [0, 0.05) is 54.2 Å². The first kappa shape index (κ1) is 22.8. The molecule has 0 unspecified atom stereocenters. The van der Waals surface area contributed by atoms with Crippen molar-refractivity contribution in [3.05, 3.63) is 77.9 Å². The number of carbonyl (C=O) groups is 4. The maximum absolute atomic E-state index is 13.0. The molecule has 1 saturated heterocycles. The lowest BCUT2D eigenvalue weighted by Gasteiger charge is -2.32. The third kappa shape index (κ3) is 4.54. The Morgan fingerprint density at radius 2 is 1.46 bits per heavy atom. The van der Waals surface area contributed by atoms with Gasteiger partial charge in [-0.2, -0.15) is 0 Å². The summed E-state index contributed by atoms with van der Waals surface area (Å²) in [4.78, 5) is 54.3. The van der Waals surface area contributed by atoms with Crippen LogP contribution in [0, 0.1) is 5.92 Å². The van der Waals surface area contributed by atoms with Crippen molar-refractivity contribution in [3.63, 3.8) is 0 Å². The molecule has 0 atom stereocenters. The van der Waals surface area contributed by atoms with E-state index in [-0.39, 0.29) is 42.5 Å². The number of amides is 4. The van der Waals surface area contributed by atoms with E-state index in [1.165, 1.54) is 4.90 Å². The summed E-state index contributed by atoms with van der Waals surface area (Å²) in [6.45, 7) is 1.26. The van der Waals surface area contributed by atoms with Crippen molar-refractivity contribution in [2.75, 3.05) is 25.0 Å². The summed E-state index contributed by atoms with van der Waals surface area (Å²) < 4.78 is 0. The normalized spacial score (nSPS) is 16.0. The molecule has 2 aliphatic rings. The molecule has 1 fully saturated rings. The molecule has 0 aliphatic carbocycles. The minimum Gasteiger partial charge on any atom is -0.343 e. The Labute approximate surface area is 203 Å². The molecule has 178 valence electrons. The van der Waals surface area contributed by atoms with Crippen LogP contribution < -0.4 is 5.32 Å². The number of carbonyl (C=O) groups excluding carboxylic acids is 4. The van der Waals surface area contributed by atoms with Crippen molar-refractivity contribution in [1.29, 1.82) is 0 Å². The molecule has 0 bridgehead atoms. The number of para-hydroxylation sites is 1. The van der Waals surface area contributed by atoms with Gasteiger partial charge in [0.25, 0.3) is 11.8 Å². The van der Waals surface area contributed by atoms with Gasteiger partial charge in [-0.05, 0) is 48.9 Å². The number of anilines is 1. The van der Waals surface area contributed by atoms with Gasteiger partial charge < -0.3 is 10.2 Å². The van der Waals surface area contributed by atoms with Gasteiger partial charge in [0.1, 0.15) is 0 Å². The summed E-state index contributed by atoms with van der Waals surface area (Å²) in [5, 5.41) is 4.51. The zero-order valence-corrected chi connectivity index (χ0v) is 19.4. The quantitative estimate of drug-likeness (QED) is 0.551. The molecular formula is C28H27N3O4. The fourth-order valence-electron chi connectivity index (χ4n) is 4.99. The highest BCUT2D eigenvalue weighted by atomic mass is 16.2. The molecule has 2 aliphatic heterocycles. The van der Waals surface area contributed by atoms with Gasteiger partial charge >= 0.3 is 0 Å². The molecule has 0 radical (unpaired) electrons. The standard InChI is InChI=1S/C28H27N3O4/c32-24(30-17-14-20(15-18-30)26(33)29-21-9-2-1-3-10-21)13-6-16-31-27(34)22-11-4-7-19-8-5-12-23(25(19)22)28(31)35/h1-5,7-12,20H,6,13-18H2,(H,29,33). The molecule has 35 heavy (non-hydrogen) atoms. The second-order valence-electron chi connectivity index (χ2n) is 9.09. The van der Waals surface area contributed by atoms with E-state index >= 15 is 0 Å². The van der Waals surface area contributed by atoms with Crippen LogP contribution in [0.25, 0.3) is 10.8 Å². The van der Waals surface area contributed by atoms with E-state index in [9.17, 15) is 19.2 Å². The van der Waals surface area contributed by atoms with Gasteiger partial charge in [-0.3, -0.25) is 24.1 Å². The average molecular weight is 470 g/mol. The monoisotopic (exact) mass is 469 g/mol. The second-order valence-corrected chi connectivity index (χ2v) is 9.09. The van der Waals surface area contributed by atoms with Crippen molar-refractivity contribution in [1.82, 2.24) is 9.80 Å². The zero-order valence-electron chi connectivity index (χ0n) is 19.4. The van der Waals surface area contributed by atoms with E-state index in [1.807, 2.05) is 54.6 Å². The van der Waals surface area contributed by atoms with Crippen LogP contribution in [0.1, 0.15) is 46.4 Å². The first-order valence-electron chi connectivity index (χ1n) is 12.0. The van der Waals surface area contributed by atoms with E-state index < -0.39 is 0 Å². The van der Waals surface area contributed by atoms with Crippen molar-refractivity contribution in [2.24, 2.45) is 5.92 Å². The summed E-state index contributed by atoms with van der Waals surface area (Å²) in [5.41, 5.74) is 1.83. The maximum atomic E-state index is 13.0. The SMILES string of the molecule is O=C(Nc1ccccc1)C1CCN(C(=O)CCCN2C(=O)c3cccc4cccc(c34)C2=O)CC1. The fourth-order valence-corrected chi connectivity index (χ4v) is 4.99. The highest BCUT2D eigenvalue weighted by Crippen LogP contribution is 2.30. The molecule has 1 N–H and O–H groups in total. The van der Waals surface area contributed by atoms with E-state index in [2.05, 4.69) is 5.32 Å². The Morgan fingerprint density at radius 3 is 2.09 bits per heavy atom. The van der Waals surface area contributed by atoms with Crippen molar-refractivity contribution in [2.45, 2.75) is 25.7 Å². The molecule has 3 aromatic rings. The topological polar surface area (TPSA) is 86.8 Å². The van der Waals surface area contributed by atoms with Gasteiger partial charge in [0.05, 0.1) is 0 Å². The number of rotatable bonds is 6. The van der Waals surface area contributed by atoms with Crippen LogP contribution in [-0.4, -0.2) is 53.1 Å². The Bertz CT molecular complexity index is 1250. The lowest BCUT2D eigenvalue weighted by Crippen LogP contribution is -2.43. The van der Waals surface area contributed by atoms with Crippen LogP contribution >= 0.6 is 0 Å². The lowest BCUT2D eigenvalue weighted by molar-refractivity contribution is -0.134. The van der Waals surface area contributed by atoms with Crippen molar-refractivity contribution in [3.8, 4) is 0 Å². The first-order valence-corrected chi connectivity index (χ1v) is 12.0. The molecule has 3 aromatic carbocycles. The summed E-state index contributed by atoms with van der Waals surface area (Å²) in [7, 11) is 0. The van der Waals surface area contributed by atoms with E-state index in [0.717, 1.165) is 11.1 Å². The van der Waals surface area contributed by atoms with Crippen LogP contribution in [0.3, 0.4) is 0 Å². The molecule has 7 heteroatoms. The Hall–Kier alpha value is -4.00. The van der Waals surface area contributed by atoms with E-state index in [4.69, 9.17) is 0 Å². The minimum absolute atomic E-state index is 0.00803. The number of likely N-dealkylation sites (tertiary alicyclic amines) is 1. The van der Waals surface area contributed by atoms with E-state index in [1.54, 1.807) is 17.0 Å². The predicted octanol–water partition coefficient (Wildman–Crippen LogP) is 4.09. The summed E-state index contributed by atoms with van der Waals surface area (Å²) in [5.74, 6) is -0.758. The molecule has 4 amide bonds. The van der Waals surface area contributed by atoms with E-state index in [0.29, 0.717) is 48.9 Å². The third-order valence-corrected chi connectivity index (χ3v) is 6.89. The van der Waals surface area contributed by atoms with Gasteiger partial charge in [0.15, 0.2) is 0 Å². The molecule has 0 aromatic heterocycles. The number of nitrogens with zero attached hydrogens (tertiary/aromatic N) is 2. The number of piperidine rings is 1. The van der Waals surface area contributed by atoms with Crippen molar-refractivity contribution < 1.29 is 19.2 Å². The third-order valence-electron chi connectivity index (χ3n) is 6.89. The van der Waals surface area contributed by atoms with Gasteiger partial charge in [-0.1, -0.05) is 42.5 Å². The molecule has 5 rings (SSSR count). The van der Waals surface area contributed by atoms with Crippen molar-refractivity contribution >= 4 is 40.1 Å². The number of imide groups is 1. The van der Waals surface area contributed by atoms with Crippen LogP contribution in [-0.2, 0) is 9.59 Å². The number of nitrogens with one attached hydrogen (secondary N) is 1. The molecule has 0 spiro atoms. The number of benzene rings is 3. The van der Waals surface area contributed by atoms with Crippen LogP contribution in [0.15, 0.2) is 66.7 Å².